The molecule has 0 aliphatic heterocycles. The van der Waals surface area contributed by atoms with E-state index in [0.717, 1.165) is 19.8 Å². The number of hydrogen-bond donors (Lipinski definition) is 3. The monoisotopic (exact) mass is 261 g/mol. The van der Waals surface area contributed by atoms with E-state index >= 15 is 0 Å². The summed E-state index contributed by atoms with van der Waals surface area (Å²) in [5.74, 6) is -2.72. The largest absolute Gasteiger partial charge is 0.479 e. The van der Waals surface area contributed by atoms with Crippen LogP contribution >= 0.6 is 0 Å². The van der Waals surface area contributed by atoms with Gasteiger partial charge in [0.05, 0.1) is 6.10 Å². The van der Waals surface area contributed by atoms with Gasteiger partial charge >= 0.3 is 11.9 Å². The number of carboxylic acids is 1. The molecule has 0 rings (SSSR count). The lowest BCUT2D eigenvalue weighted by Gasteiger charge is -2.31. The third kappa shape index (κ3) is 3.96. The zero-order valence-electron chi connectivity index (χ0n) is 11.4. The quantitative estimate of drug-likeness (QED) is 0.459. The van der Waals surface area contributed by atoms with Crippen molar-refractivity contribution in [1.29, 1.82) is 0 Å². The number of rotatable bonds is 7. The number of nitrogens with two attached hydrogens (primary N) is 1. The molecule has 0 spiro atoms. The predicted molar refractivity (Wildman–Crippen MR) is 65.9 cm³/mol. The molecule has 2 atom stereocenters. The molecule has 0 amide bonds. The molecule has 6 heteroatoms. The van der Waals surface area contributed by atoms with Crippen LogP contribution in [0.2, 0.25) is 0 Å². The summed E-state index contributed by atoms with van der Waals surface area (Å²) in [6.07, 6.45) is 0.846. The Morgan fingerprint density at radius 1 is 1.39 bits per heavy atom. The van der Waals surface area contributed by atoms with Crippen LogP contribution < -0.4 is 5.73 Å². The minimum absolute atomic E-state index is 0.602. The number of unbranched alkanes of at least 4 members (excludes halogenated alkanes) is 1. The molecular formula is C12H23NO5. The third-order valence-electron chi connectivity index (χ3n) is 2.85. The molecule has 1 unspecified atom stereocenters. The second-order valence-electron chi connectivity index (χ2n) is 5.10. The molecule has 4 N–H and O–H groups in total. The Morgan fingerprint density at radius 2 is 1.89 bits per heavy atom. The molecule has 18 heavy (non-hydrogen) atoms. The fraction of sp³-hybridized carbons (Fsp3) is 0.833. The predicted octanol–water partition coefficient (Wildman–Crippen LogP) is 0.661. The highest BCUT2D eigenvalue weighted by Crippen LogP contribution is 2.22. The van der Waals surface area contributed by atoms with Gasteiger partial charge in [-0.15, -0.1) is 0 Å². The van der Waals surface area contributed by atoms with Crippen LogP contribution in [0.25, 0.3) is 0 Å². The summed E-state index contributed by atoms with van der Waals surface area (Å²) in [7, 11) is 0. The van der Waals surface area contributed by atoms with E-state index in [1.807, 2.05) is 6.92 Å². The van der Waals surface area contributed by atoms with Gasteiger partial charge in [-0.2, -0.15) is 0 Å². The minimum atomic E-state index is -2.43. The van der Waals surface area contributed by atoms with E-state index in [1.54, 1.807) is 13.8 Å². The van der Waals surface area contributed by atoms with Crippen LogP contribution in [0, 0.1) is 0 Å². The number of carboxylic acid groups (broad SMARTS) is 1. The summed E-state index contributed by atoms with van der Waals surface area (Å²) in [6, 6.07) is 0. The fourth-order valence-electron chi connectivity index (χ4n) is 1.43. The summed E-state index contributed by atoms with van der Waals surface area (Å²) in [6.45, 7) is 6.52. The lowest BCUT2D eigenvalue weighted by atomic mass is 9.94. The molecule has 0 aromatic heterocycles. The van der Waals surface area contributed by atoms with Crippen molar-refractivity contribution in [2.45, 2.75) is 64.2 Å². The number of aliphatic hydroxyl groups is 1. The van der Waals surface area contributed by atoms with Crippen LogP contribution in [0.5, 0.6) is 0 Å². The number of esters is 1. The molecule has 0 bridgehead atoms. The van der Waals surface area contributed by atoms with Gasteiger partial charge in [-0.1, -0.05) is 13.3 Å². The molecule has 106 valence electrons. The maximum Gasteiger partial charge on any atom is 0.341 e. The number of hydrogen-bond acceptors (Lipinski definition) is 5. The zero-order chi connectivity index (χ0) is 14.6. The first-order valence-electron chi connectivity index (χ1n) is 6.01. The highest BCUT2D eigenvalue weighted by atomic mass is 16.6. The van der Waals surface area contributed by atoms with Gasteiger partial charge in [-0.3, -0.25) is 0 Å². The average Bonchev–Trinajstić information content (AvgIpc) is 2.23. The van der Waals surface area contributed by atoms with Crippen molar-refractivity contribution >= 4 is 11.9 Å². The van der Waals surface area contributed by atoms with E-state index in [0.29, 0.717) is 6.42 Å². The van der Waals surface area contributed by atoms with Crippen molar-refractivity contribution < 1.29 is 24.5 Å². The SMILES string of the molecule is CCCCC(C)(C)OC(=O)[C@](N)(C(=O)O)C(C)O. The molecule has 6 nitrogen and oxygen atoms in total. The molecule has 0 saturated heterocycles. The Kier molecular flexibility index (Phi) is 5.76. The Labute approximate surface area is 107 Å². The summed E-state index contributed by atoms with van der Waals surface area (Å²) < 4.78 is 5.12. The summed E-state index contributed by atoms with van der Waals surface area (Å²) in [4.78, 5) is 22.9. The smallest absolute Gasteiger partial charge is 0.341 e. The summed E-state index contributed by atoms with van der Waals surface area (Å²) in [5.41, 5.74) is 2.21. The maximum atomic E-state index is 11.8. The van der Waals surface area contributed by atoms with E-state index in [-0.39, 0.29) is 0 Å². The maximum absolute atomic E-state index is 11.8. The van der Waals surface area contributed by atoms with Crippen LogP contribution in [-0.2, 0) is 14.3 Å². The van der Waals surface area contributed by atoms with Gasteiger partial charge in [-0.25, -0.2) is 9.59 Å². The van der Waals surface area contributed by atoms with Gasteiger partial charge in [0.15, 0.2) is 0 Å². The third-order valence-corrected chi connectivity index (χ3v) is 2.85. The van der Waals surface area contributed by atoms with Crippen molar-refractivity contribution in [1.82, 2.24) is 0 Å². The molecule has 0 heterocycles. The molecule has 0 aliphatic carbocycles. The van der Waals surface area contributed by atoms with E-state index in [9.17, 15) is 14.7 Å². The van der Waals surface area contributed by atoms with Crippen molar-refractivity contribution in [3.63, 3.8) is 0 Å². The molecule has 0 fully saturated rings. The Hall–Kier alpha value is -1.14. The second kappa shape index (κ2) is 6.15. The van der Waals surface area contributed by atoms with Gasteiger partial charge in [0.2, 0.25) is 5.54 Å². The van der Waals surface area contributed by atoms with Crippen molar-refractivity contribution in [3.05, 3.63) is 0 Å². The topological polar surface area (TPSA) is 110 Å². The fourth-order valence-corrected chi connectivity index (χ4v) is 1.43. The number of aliphatic hydroxyl groups excluding tert-OH is 1. The molecular weight excluding hydrogens is 238 g/mol. The van der Waals surface area contributed by atoms with E-state index < -0.39 is 29.2 Å². The number of carbonyl (C=O) groups is 2. The molecule has 0 aromatic rings. The van der Waals surface area contributed by atoms with Gasteiger partial charge in [0, 0.05) is 0 Å². The lowest BCUT2D eigenvalue weighted by Crippen LogP contribution is -2.63. The standard InChI is InChI=1S/C12H23NO5/c1-5-6-7-11(3,4)18-10(17)12(13,8(2)14)9(15)16/h8,14H,5-7,13H2,1-4H3,(H,15,16)/t8?,12-/m1/s1. The molecule has 0 radical (unpaired) electrons. The Morgan fingerprint density at radius 3 is 2.22 bits per heavy atom. The first-order valence-corrected chi connectivity index (χ1v) is 6.01. The van der Waals surface area contributed by atoms with E-state index in [1.165, 1.54) is 0 Å². The van der Waals surface area contributed by atoms with Gasteiger partial charge < -0.3 is 20.7 Å². The van der Waals surface area contributed by atoms with Crippen LogP contribution in [-0.4, -0.2) is 39.4 Å². The van der Waals surface area contributed by atoms with Crippen molar-refractivity contribution in [2.24, 2.45) is 5.73 Å². The van der Waals surface area contributed by atoms with Crippen LogP contribution in [0.15, 0.2) is 0 Å². The van der Waals surface area contributed by atoms with Gasteiger partial charge in [-0.05, 0) is 33.6 Å². The van der Waals surface area contributed by atoms with Gasteiger partial charge in [0.25, 0.3) is 0 Å². The highest BCUT2D eigenvalue weighted by molar-refractivity contribution is 6.04. The molecule has 0 saturated carbocycles. The normalized spacial score (nSPS) is 16.8. The highest BCUT2D eigenvalue weighted by Gasteiger charge is 2.50. The second-order valence-corrected chi connectivity index (χ2v) is 5.10. The van der Waals surface area contributed by atoms with E-state index in [4.69, 9.17) is 15.6 Å². The van der Waals surface area contributed by atoms with Crippen molar-refractivity contribution in [3.8, 4) is 0 Å². The van der Waals surface area contributed by atoms with E-state index in [2.05, 4.69) is 0 Å². The van der Waals surface area contributed by atoms with Crippen molar-refractivity contribution in [2.75, 3.05) is 0 Å². The first-order chi connectivity index (χ1) is 8.08. The molecule has 0 aliphatic rings. The summed E-state index contributed by atoms with van der Waals surface area (Å²) >= 11 is 0. The van der Waals surface area contributed by atoms with Crippen LogP contribution in [0.3, 0.4) is 0 Å². The number of carbonyl (C=O) groups excluding carboxylic acids is 1. The Bertz CT molecular complexity index is 314. The molecule has 0 aromatic carbocycles. The lowest BCUT2D eigenvalue weighted by molar-refractivity contribution is -0.176. The zero-order valence-corrected chi connectivity index (χ0v) is 11.4. The first kappa shape index (κ1) is 16.9. The average molecular weight is 261 g/mol. The number of aliphatic carboxylic acids is 1. The summed E-state index contributed by atoms with van der Waals surface area (Å²) in [5, 5.41) is 18.3. The minimum Gasteiger partial charge on any atom is -0.479 e. The Balaban J connectivity index is 4.88. The number of ether oxygens (including phenoxy) is 1. The van der Waals surface area contributed by atoms with Crippen LogP contribution in [0.1, 0.15) is 47.0 Å². The van der Waals surface area contributed by atoms with Gasteiger partial charge in [0.1, 0.15) is 5.60 Å². The van der Waals surface area contributed by atoms with Crippen LogP contribution in [0.4, 0.5) is 0 Å².